The molecule has 0 bridgehead atoms. The molecule has 1 saturated heterocycles. The summed E-state index contributed by atoms with van der Waals surface area (Å²) >= 11 is 0. The van der Waals surface area contributed by atoms with Crippen molar-refractivity contribution in [2.75, 3.05) is 6.61 Å². The molecule has 29 heavy (non-hydrogen) atoms. The highest BCUT2D eigenvalue weighted by Gasteiger charge is 2.34. The molecule has 156 valence electrons. The number of carbonyl (C=O) groups excluding carboxylic acids is 1. The first-order chi connectivity index (χ1) is 13.8. The van der Waals surface area contributed by atoms with Crippen LogP contribution in [0.2, 0.25) is 0 Å². The number of aryl methyl sites for hydroxylation is 2. The summed E-state index contributed by atoms with van der Waals surface area (Å²) < 4.78 is 43.0. The van der Waals surface area contributed by atoms with Gasteiger partial charge in [-0.2, -0.15) is 13.2 Å². The van der Waals surface area contributed by atoms with Crippen molar-refractivity contribution in [3.8, 4) is 0 Å². The van der Waals surface area contributed by atoms with Gasteiger partial charge in [-0.3, -0.25) is 4.79 Å². The minimum absolute atomic E-state index is 0.0692. The van der Waals surface area contributed by atoms with Gasteiger partial charge in [0.25, 0.3) is 0 Å². The van der Waals surface area contributed by atoms with Crippen LogP contribution in [0.1, 0.15) is 41.2 Å². The Morgan fingerprint density at radius 2 is 1.76 bits per heavy atom. The number of rotatable bonds is 9. The number of aliphatic hydroxyl groups excluding tert-OH is 1. The number of halogens is 3. The number of alkyl halides is 3. The van der Waals surface area contributed by atoms with E-state index in [1.165, 1.54) is 12.1 Å². The molecule has 1 aliphatic heterocycles. The summed E-state index contributed by atoms with van der Waals surface area (Å²) in [5.41, 5.74) is 3.10. The average molecular weight is 406 g/mol. The summed E-state index contributed by atoms with van der Waals surface area (Å²) in [4.78, 5) is 12.1. The van der Waals surface area contributed by atoms with Crippen molar-refractivity contribution in [1.82, 2.24) is 0 Å². The van der Waals surface area contributed by atoms with Crippen molar-refractivity contribution in [1.29, 1.82) is 0 Å². The zero-order valence-electron chi connectivity index (χ0n) is 16.3. The van der Waals surface area contributed by atoms with Gasteiger partial charge < -0.3 is 9.84 Å². The molecule has 1 fully saturated rings. The fourth-order valence-corrected chi connectivity index (χ4v) is 3.52. The number of ether oxygens (including phenoxy) is 1. The summed E-state index contributed by atoms with van der Waals surface area (Å²) in [5, 5.41) is 9.61. The van der Waals surface area contributed by atoms with E-state index < -0.39 is 11.7 Å². The van der Waals surface area contributed by atoms with Crippen LogP contribution < -0.4 is 0 Å². The van der Waals surface area contributed by atoms with E-state index >= 15 is 0 Å². The maximum absolute atomic E-state index is 12.7. The first-order valence-corrected chi connectivity index (χ1v) is 9.81. The Balaban J connectivity index is 1.59. The maximum Gasteiger partial charge on any atom is 0.416 e. The van der Waals surface area contributed by atoms with Crippen LogP contribution in [0, 0.1) is 5.92 Å². The number of hydrogen-bond donors (Lipinski definition) is 1. The molecule has 0 radical (unpaired) electrons. The number of benzene rings is 2. The van der Waals surface area contributed by atoms with Crippen molar-refractivity contribution >= 4 is 5.78 Å². The zero-order valence-corrected chi connectivity index (χ0v) is 16.3. The van der Waals surface area contributed by atoms with Crippen LogP contribution >= 0.6 is 0 Å². The van der Waals surface area contributed by atoms with Crippen LogP contribution in [0.5, 0.6) is 0 Å². The number of hydrogen-bond acceptors (Lipinski definition) is 3. The normalized spacial score (nSPS) is 17.2. The largest absolute Gasteiger partial charge is 0.416 e. The molecule has 0 saturated carbocycles. The lowest BCUT2D eigenvalue weighted by Crippen LogP contribution is -2.19. The topological polar surface area (TPSA) is 49.8 Å². The van der Waals surface area contributed by atoms with Crippen molar-refractivity contribution in [2.45, 2.75) is 51.5 Å². The van der Waals surface area contributed by atoms with Gasteiger partial charge in [0.05, 0.1) is 18.8 Å². The predicted octanol–water partition coefficient (Wildman–Crippen LogP) is 4.52. The van der Waals surface area contributed by atoms with Gasteiger partial charge in [0.15, 0.2) is 5.78 Å². The van der Waals surface area contributed by atoms with E-state index in [2.05, 4.69) is 0 Å². The number of aliphatic hydroxyl groups is 1. The Morgan fingerprint density at radius 1 is 1.10 bits per heavy atom. The van der Waals surface area contributed by atoms with Gasteiger partial charge in [0, 0.05) is 5.92 Å². The molecule has 1 heterocycles. The second kappa shape index (κ2) is 9.09. The lowest BCUT2D eigenvalue weighted by molar-refractivity contribution is -0.137. The molecule has 0 aliphatic carbocycles. The summed E-state index contributed by atoms with van der Waals surface area (Å²) in [6.07, 6.45) is -1.83. The van der Waals surface area contributed by atoms with E-state index in [-0.39, 0.29) is 24.4 Å². The van der Waals surface area contributed by atoms with Crippen LogP contribution in [-0.4, -0.2) is 23.6 Å². The summed E-state index contributed by atoms with van der Waals surface area (Å²) in [7, 11) is 0. The smallest absolute Gasteiger partial charge is 0.392 e. The van der Waals surface area contributed by atoms with Crippen molar-refractivity contribution in [2.24, 2.45) is 5.92 Å². The van der Waals surface area contributed by atoms with Crippen LogP contribution in [0.15, 0.2) is 42.5 Å². The van der Waals surface area contributed by atoms with Crippen molar-refractivity contribution in [3.05, 3.63) is 70.3 Å². The van der Waals surface area contributed by atoms with E-state index in [1.54, 1.807) is 0 Å². The van der Waals surface area contributed by atoms with Gasteiger partial charge in [0.1, 0.15) is 6.10 Å². The predicted molar refractivity (Wildman–Crippen MR) is 103 cm³/mol. The quantitative estimate of drug-likeness (QED) is 0.623. The molecule has 1 aliphatic rings. The number of carbonyl (C=O) groups is 1. The molecular formula is C23H25F3O3. The second-order valence-corrected chi connectivity index (χ2v) is 7.64. The van der Waals surface area contributed by atoms with Crippen LogP contribution in [-0.2, 0) is 41.6 Å². The Bertz CT molecular complexity index is 839. The summed E-state index contributed by atoms with van der Waals surface area (Å²) in [6, 6.07) is 11.1. The Labute approximate surface area is 168 Å². The van der Waals surface area contributed by atoms with Crippen molar-refractivity contribution in [3.63, 3.8) is 0 Å². The molecule has 0 spiro atoms. The first-order valence-electron chi connectivity index (χ1n) is 9.81. The molecule has 3 rings (SSSR count). The molecule has 2 aromatic carbocycles. The number of epoxide rings is 1. The third-order valence-corrected chi connectivity index (χ3v) is 5.31. The molecule has 2 unspecified atom stereocenters. The van der Waals surface area contributed by atoms with E-state index in [1.807, 2.05) is 25.1 Å². The van der Waals surface area contributed by atoms with E-state index in [0.29, 0.717) is 25.9 Å². The Morgan fingerprint density at radius 3 is 2.34 bits per heavy atom. The third-order valence-electron chi connectivity index (χ3n) is 5.31. The minimum Gasteiger partial charge on any atom is -0.392 e. The molecule has 1 N–H and O–H groups in total. The lowest BCUT2D eigenvalue weighted by atomic mass is 9.92. The molecule has 0 aromatic heterocycles. The molecular weight excluding hydrogens is 381 g/mol. The van der Waals surface area contributed by atoms with Gasteiger partial charge in [0.2, 0.25) is 0 Å². The minimum atomic E-state index is -4.32. The fraction of sp³-hybridized carbons (Fsp3) is 0.435. The van der Waals surface area contributed by atoms with Crippen molar-refractivity contribution < 1.29 is 27.8 Å². The Hall–Kier alpha value is -2.18. The number of ketones is 1. The lowest BCUT2D eigenvalue weighted by Gasteiger charge is -2.13. The maximum atomic E-state index is 12.7. The highest BCUT2D eigenvalue weighted by Crippen LogP contribution is 2.29. The third kappa shape index (κ3) is 5.90. The monoisotopic (exact) mass is 406 g/mol. The fourth-order valence-electron chi connectivity index (χ4n) is 3.52. The molecule has 3 nitrogen and oxygen atoms in total. The zero-order chi connectivity index (χ0) is 21.0. The van der Waals surface area contributed by atoms with Gasteiger partial charge in [-0.25, -0.2) is 0 Å². The summed E-state index contributed by atoms with van der Waals surface area (Å²) in [6.45, 7) is 2.34. The average Bonchev–Trinajstić information content (AvgIpc) is 3.52. The van der Waals surface area contributed by atoms with E-state index in [9.17, 15) is 23.1 Å². The molecule has 2 atom stereocenters. The van der Waals surface area contributed by atoms with Gasteiger partial charge >= 0.3 is 6.18 Å². The first kappa shape index (κ1) is 21.5. The van der Waals surface area contributed by atoms with Crippen LogP contribution in [0.3, 0.4) is 0 Å². The molecule has 6 heteroatoms. The van der Waals surface area contributed by atoms with Gasteiger partial charge in [-0.1, -0.05) is 37.3 Å². The standard InChI is InChI=1S/C23H25F3O3/c1-15(22(28)21-14-29-21)11-17-5-8-19(13-27)18(12-17)4-2-3-16-6-9-20(10-7-16)23(24,25)26/h5-10,12,15,21,27H,2-4,11,13-14H2,1H3. The van der Waals surface area contributed by atoms with Crippen LogP contribution in [0.25, 0.3) is 0 Å². The molecule has 2 aromatic rings. The SMILES string of the molecule is CC(Cc1ccc(CO)c(CCCc2ccc(C(F)(F)F)cc2)c1)C(=O)C1CO1. The van der Waals surface area contributed by atoms with E-state index in [0.717, 1.165) is 40.8 Å². The Kier molecular flexibility index (Phi) is 6.75. The van der Waals surface area contributed by atoms with Crippen LogP contribution in [0.4, 0.5) is 13.2 Å². The molecule has 0 amide bonds. The van der Waals surface area contributed by atoms with Gasteiger partial charge in [-0.15, -0.1) is 0 Å². The van der Waals surface area contributed by atoms with Gasteiger partial charge in [-0.05, 0) is 60.1 Å². The highest BCUT2D eigenvalue weighted by molar-refractivity contribution is 5.87. The summed E-state index contributed by atoms with van der Waals surface area (Å²) in [5.74, 6) is 0.00237. The second-order valence-electron chi connectivity index (χ2n) is 7.64. The van der Waals surface area contributed by atoms with E-state index in [4.69, 9.17) is 4.74 Å². The highest BCUT2D eigenvalue weighted by atomic mass is 19.4. The number of Topliss-reactive ketones (excluding diaryl/α,β-unsaturated/α-hetero) is 1.